The molecule has 0 bridgehead atoms. The van der Waals surface area contributed by atoms with Crippen LogP contribution >= 0.6 is 0 Å². The standard InChI is InChI=1S/C9H12O5/c1-13-7-4-6(2-3-8(10)11)14-9(12)5-7/h5-6H,2-4H2,1H3,(H,10,11)/t6-/m1/s1. The van der Waals surface area contributed by atoms with Crippen LogP contribution in [-0.4, -0.2) is 30.3 Å². The SMILES string of the molecule is COC1=CC(=O)O[C@H](CCC(=O)O)C1. The maximum Gasteiger partial charge on any atom is 0.334 e. The number of hydrogen-bond donors (Lipinski definition) is 1. The lowest BCUT2D eigenvalue weighted by Gasteiger charge is -2.21. The lowest BCUT2D eigenvalue weighted by atomic mass is 10.1. The van der Waals surface area contributed by atoms with E-state index in [-0.39, 0.29) is 12.5 Å². The van der Waals surface area contributed by atoms with E-state index in [1.165, 1.54) is 13.2 Å². The van der Waals surface area contributed by atoms with Gasteiger partial charge < -0.3 is 14.6 Å². The molecule has 0 fully saturated rings. The second-order valence-electron chi connectivity index (χ2n) is 3.01. The summed E-state index contributed by atoms with van der Waals surface area (Å²) in [5.74, 6) is -0.824. The molecule has 78 valence electrons. The van der Waals surface area contributed by atoms with Gasteiger partial charge in [0.1, 0.15) is 11.9 Å². The lowest BCUT2D eigenvalue weighted by Crippen LogP contribution is -2.24. The average molecular weight is 200 g/mol. The fourth-order valence-electron chi connectivity index (χ4n) is 1.24. The molecule has 0 aliphatic carbocycles. The molecule has 0 amide bonds. The van der Waals surface area contributed by atoms with Crippen molar-refractivity contribution in [1.29, 1.82) is 0 Å². The Morgan fingerprint density at radius 2 is 2.50 bits per heavy atom. The molecule has 1 aliphatic heterocycles. The van der Waals surface area contributed by atoms with Crippen LogP contribution in [0.25, 0.3) is 0 Å². The van der Waals surface area contributed by atoms with Crippen LogP contribution in [0.15, 0.2) is 11.8 Å². The number of carboxylic acid groups (broad SMARTS) is 1. The van der Waals surface area contributed by atoms with Gasteiger partial charge in [-0.05, 0) is 6.42 Å². The highest BCUT2D eigenvalue weighted by Crippen LogP contribution is 2.19. The second-order valence-corrected chi connectivity index (χ2v) is 3.01. The van der Waals surface area contributed by atoms with Crippen molar-refractivity contribution in [3.8, 4) is 0 Å². The monoisotopic (exact) mass is 200 g/mol. The van der Waals surface area contributed by atoms with Crippen LogP contribution in [0, 0.1) is 0 Å². The summed E-state index contributed by atoms with van der Waals surface area (Å²) in [6, 6.07) is 0. The summed E-state index contributed by atoms with van der Waals surface area (Å²) in [4.78, 5) is 21.2. The Morgan fingerprint density at radius 1 is 1.79 bits per heavy atom. The quantitative estimate of drug-likeness (QED) is 0.676. The number of aliphatic carboxylic acids is 1. The molecule has 1 atom stereocenters. The molecule has 0 saturated heterocycles. The third kappa shape index (κ3) is 3.08. The number of carbonyl (C=O) groups excluding carboxylic acids is 1. The molecule has 0 radical (unpaired) electrons. The lowest BCUT2D eigenvalue weighted by molar-refractivity contribution is -0.148. The topological polar surface area (TPSA) is 72.8 Å². The molecule has 0 aromatic rings. The van der Waals surface area contributed by atoms with E-state index in [2.05, 4.69) is 0 Å². The first-order chi connectivity index (χ1) is 6.61. The number of methoxy groups -OCH3 is 1. The van der Waals surface area contributed by atoms with E-state index < -0.39 is 11.9 Å². The molecule has 1 heterocycles. The highest BCUT2D eigenvalue weighted by atomic mass is 16.5. The van der Waals surface area contributed by atoms with E-state index in [0.717, 1.165) is 0 Å². The van der Waals surface area contributed by atoms with Crippen LogP contribution in [0.1, 0.15) is 19.3 Å². The molecule has 1 aliphatic rings. The molecular weight excluding hydrogens is 188 g/mol. The molecule has 14 heavy (non-hydrogen) atoms. The van der Waals surface area contributed by atoms with E-state index in [0.29, 0.717) is 18.6 Å². The predicted octanol–water partition coefficient (Wildman–Crippen LogP) is 0.697. The maximum absolute atomic E-state index is 11.0. The second kappa shape index (κ2) is 4.64. The Kier molecular flexibility index (Phi) is 3.50. The maximum atomic E-state index is 11.0. The number of ether oxygens (including phenoxy) is 2. The van der Waals surface area contributed by atoms with Crippen molar-refractivity contribution < 1.29 is 24.2 Å². The third-order valence-electron chi connectivity index (χ3n) is 1.93. The Labute approximate surface area is 81.3 Å². The zero-order chi connectivity index (χ0) is 10.6. The van der Waals surface area contributed by atoms with Crippen molar-refractivity contribution in [2.24, 2.45) is 0 Å². The fraction of sp³-hybridized carbons (Fsp3) is 0.556. The Morgan fingerprint density at radius 3 is 3.07 bits per heavy atom. The number of rotatable bonds is 4. The summed E-state index contributed by atoms with van der Waals surface area (Å²) in [6.45, 7) is 0. The Balaban J connectivity index is 2.46. The van der Waals surface area contributed by atoms with E-state index >= 15 is 0 Å². The van der Waals surface area contributed by atoms with Crippen LogP contribution in [0.3, 0.4) is 0 Å². The molecule has 0 unspecified atom stereocenters. The van der Waals surface area contributed by atoms with Gasteiger partial charge >= 0.3 is 11.9 Å². The molecule has 5 nitrogen and oxygen atoms in total. The van der Waals surface area contributed by atoms with Gasteiger partial charge in [0, 0.05) is 12.8 Å². The van der Waals surface area contributed by atoms with Crippen LogP contribution in [-0.2, 0) is 19.1 Å². The molecule has 1 N–H and O–H groups in total. The van der Waals surface area contributed by atoms with Gasteiger partial charge in [0.25, 0.3) is 0 Å². The van der Waals surface area contributed by atoms with Crippen molar-refractivity contribution in [1.82, 2.24) is 0 Å². The van der Waals surface area contributed by atoms with Gasteiger partial charge in [0.05, 0.1) is 13.2 Å². The molecule has 0 saturated carbocycles. The smallest absolute Gasteiger partial charge is 0.334 e. The summed E-state index contributed by atoms with van der Waals surface area (Å²) in [5, 5.41) is 8.45. The van der Waals surface area contributed by atoms with Gasteiger partial charge in [0.15, 0.2) is 0 Å². The van der Waals surface area contributed by atoms with Crippen molar-refractivity contribution in [2.75, 3.05) is 7.11 Å². The van der Waals surface area contributed by atoms with Gasteiger partial charge in [0.2, 0.25) is 0 Å². The number of hydrogen-bond acceptors (Lipinski definition) is 4. The highest BCUT2D eigenvalue weighted by molar-refractivity contribution is 5.83. The van der Waals surface area contributed by atoms with Gasteiger partial charge in [-0.1, -0.05) is 0 Å². The van der Waals surface area contributed by atoms with Crippen molar-refractivity contribution >= 4 is 11.9 Å². The van der Waals surface area contributed by atoms with Gasteiger partial charge in [-0.15, -0.1) is 0 Å². The van der Waals surface area contributed by atoms with Crippen LogP contribution < -0.4 is 0 Å². The van der Waals surface area contributed by atoms with E-state index in [9.17, 15) is 9.59 Å². The van der Waals surface area contributed by atoms with Crippen LogP contribution in [0.5, 0.6) is 0 Å². The number of cyclic esters (lactones) is 1. The molecular formula is C9H12O5. The first kappa shape index (κ1) is 10.6. The number of carbonyl (C=O) groups is 2. The summed E-state index contributed by atoms with van der Waals surface area (Å²) < 4.78 is 9.82. The number of carboxylic acids is 1. The van der Waals surface area contributed by atoms with Crippen LogP contribution in [0.4, 0.5) is 0 Å². The molecule has 0 spiro atoms. The zero-order valence-electron chi connectivity index (χ0n) is 7.86. The summed E-state index contributed by atoms with van der Waals surface area (Å²) >= 11 is 0. The Hall–Kier alpha value is -1.52. The van der Waals surface area contributed by atoms with Crippen molar-refractivity contribution in [3.05, 3.63) is 11.8 Å². The minimum absolute atomic E-state index is 0.00502. The van der Waals surface area contributed by atoms with Gasteiger partial charge in [-0.3, -0.25) is 4.79 Å². The Bertz CT molecular complexity index is 268. The average Bonchev–Trinajstić information content (AvgIpc) is 2.14. The zero-order valence-corrected chi connectivity index (χ0v) is 7.86. The molecule has 5 heteroatoms. The molecule has 1 rings (SSSR count). The molecule has 0 aromatic carbocycles. The first-order valence-corrected chi connectivity index (χ1v) is 4.29. The van der Waals surface area contributed by atoms with Crippen LogP contribution in [0.2, 0.25) is 0 Å². The van der Waals surface area contributed by atoms with E-state index in [4.69, 9.17) is 14.6 Å². The van der Waals surface area contributed by atoms with Crippen molar-refractivity contribution in [3.63, 3.8) is 0 Å². The summed E-state index contributed by atoms with van der Waals surface area (Å²) in [6.07, 6.45) is 1.67. The number of esters is 1. The first-order valence-electron chi connectivity index (χ1n) is 4.29. The summed E-state index contributed by atoms with van der Waals surface area (Å²) in [7, 11) is 1.47. The highest BCUT2D eigenvalue weighted by Gasteiger charge is 2.22. The van der Waals surface area contributed by atoms with E-state index in [1.54, 1.807) is 0 Å². The van der Waals surface area contributed by atoms with Gasteiger partial charge in [-0.25, -0.2) is 4.79 Å². The normalized spacial score (nSPS) is 21.1. The summed E-state index contributed by atoms with van der Waals surface area (Å²) in [5.41, 5.74) is 0. The van der Waals surface area contributed by atoms with E-state index in [1.807, 2.05) is 0 Å². The predicted molar refractivity (Wildman–Crippen MR) is 46.5 cm³/mol. The van der Waals surface area contributed by atoms with Crippen molar-refractivity contribution in [2.45, 2.75) is 25.4 Å². The fourth-order valence-corrected chi connectivity index (χ4v) is 1.24. The molecule has 0 aromatic heterocycles. The minimum Gasteiger partial charge on any atom is -0.501 e. The third-order valence-corrected chi connectivity index (χ3v) is 1.93. The van der Waals surface area contributed by atoms with Gasteiger partial charge in [-0.2, -0.15) is 0 Å². The largest absolute Gasteiger partial charge is 0.501 e. The minimum atomic E-state index is -0.894.